The number of halogens is 2. The lowest BCUT2D eigenvalue weighted by molar-refractivity contribution is -0.105. The van der Waals surface area contributed by atoms with E-state index in [1.165, 1.54) is 5.56 Å². The summed E-state index contributed by atoms with van der Waals surface area (Å²) in [5.41, 5.74) is 1.53. The highest BCUT2D eigenvalue weighted by Gasteiger charge is 2.49. The third-order valence-electron chi connectivity index (χ3n) is 5.99. The van der Waals surface area contributed by atoms with Crippen LogP contribution in [0.15, 0.2) is 48.5 Å². The smallest absolute Gasteiger partial charge is 0.0709 e. The van der Waals surface area contributed by atoms with Gasteiger partial charge in [0.05, 0.1) is 5.60 Å². The molecule has 1 saturated heterocycles. The van der Waals surface area contributed by atoms with Gasteiger partial charge in [-0.25, -0.2) is 0 Å². The maximum Gasteiger partial charge on any atom is 0.0709 e. The molecule has 0 saturated carbocycles. The average Bonchev–Trinajstić information content (AvgIpc) is 2.62. The molecule has 4 heteroatoms. The van der Waals surface area contributed by atoms with E-state index in [9.17, 15) is 5.11 Å². The fourth-order valence-electron chi connectivity index (χ4n) is 4.29. The van der Waals surface area contributed by atoms with Crippen molar-refractivity contribution in [3.8, 4) is 0 Å². The molecular weight excluding hydrogens is 365 g/mol. The topological polar surface area (TPSA) is 32.3 Å². The lowest BCUT2D eigenvalue weighted by Crippen LogP contribution is -2.56. The molecule has 2 nitrogen and oxygen atoms in total. The van der Waals surface area contributed by atoms with Crippen LogP contribution in [0, 0.1) is 11.8 Å². The molecule has 2 aromatic rings. The lowest BCUT2D eigenvalue weighted by Gasteiger charge is -2.52. The number of aliphatic hydroxyl groups is 1. The van der Waals surface area contributed by atoms with Crippen LogP contribution < -0.4 is 5.32 Å². The quantitative estimate of drug-likeness (QED) is 0.651. The molecule has 1 heterocycles. The van der Waals surface area contributed by atoms with Crippen molar-refractivity contribution in [2.75, 3.05) is 0 Å². The highest BCUT2D eigenvalue weighted by molar-refractivity contribution is 6.30. The second kappa shape index (κ2) is 7.90. The molecule has 0 aliphatic carbocycles. The van der Waals surface area contributed by atoms with Gasteiger partial charge < -0.3 is 10.4 Å². The molecule has 1 fully saturated rings. The van der Waals surface area contributed by atoms with E-state index < -0.39 is 5.60 Å². The Bertz CT molecular complexity index is 727. The van der Waals surface area contributed by atoms with Gasteiger partial charge >= 0.3 is 0 Å². The largest absolute Gasteiger partial charge is 0.389 e. The number of benzene rings is 2. The maximum atomic E-state index is 11.5. The van der Waals surface area contributed by atoms with E-state index in [2.05, 4.69) is 31.3 Å². The molecule has 1 aliphatic heterocycles. The molecule has 2 aromatic carbocycles. The number of hydrogen-bond acceptors (Lipinski definition) is 2. The Balaban J connectivity index is 2.01. The summed E-state index contributed by atoms with van der Waals surface area (Å²) in [5, 5.41) is 16.8. The fourth-order valence-corrected chi connectivity index (χ4v) is 4.54. The Morgan fingerprint density at radius 2 is 1.38 bits per heavy atom. The molecule has 1 aliphatic rings. The van der Waals surface area contributed by atoms with Crippen LogP contribution in [0.25, 0.3) is 0 Å². The first-order valence-electron chi connectivity index (χ1n) is 9.34. The predicted octanol–water partition coefficient (Wildman–Crippen LogP) is 6.18. The van der Waals surface area contributed by atoms with Gasteiger partial charge in [0, 0.05) is 34.0 Å². The van der Waals surface area contributed by atoms with Crippen LogP contribution in [0.5, 0.6) is 0 Å². The van der Waals surface area contributed by atoms with Crippen molar-refractivity contribution < 1.29 is 5.11 Å². The maximum absolute atomic E-state index is 11.5. The van der Waals surface area contributed by atoms with Crippen molar-refractivity contribution in [1.29, 1.82) is 0 Å². The summed E-state index contributed by atoms with van der Waals surface area (Å²) in [6, 6.07) is 16.0. The van der Waals surface area contributed by atoms with Crippen molar-refractivity contribution in [2.45, 2.75) is 51.3 Å². The SMILES string of the molecule is CCCC1C(c2ccc(Cl)cc2)NC(c2ccc(Cl)cc2)C(C)C1(C)O. The van der Waals surface area contributed by atoms with Crippen LogP contribution in [-0.4, -0.2) is 10.7 Å². The Hall–Kier alpha value is -1.06. The van der Waals surface area contributed by atoms with Crippen LogP contribution >= 0.6 is 23.2 Å². The standard InChI is InChI=1S/C22H27Cl2NO/c1-4-5-19-21(16-8-12-18(24)13-9-16)25-20(14(2)22(19,3)26)15-6-10-17(23)11-7-15/h6-14,19-21,25-26H,4-5H2,1-3H3. The Morgan fingerprint density at radius 1 is 0.923 bits per heavy atom. The van der Waals surface area contributed by atoms with Crippen LogP contribution in [0.4, 0.5) is 0 Å². The third-order valence-corrected chi connectivity index (χ3v) is 6.50. The van der Waals surface area contributed by atoms with Gasteiger partial charge in [-0.3, -0.25) is 0 Å². The predicted molar refractivity (Wildman–Crippen MR) is 110 cm³/mol. The Labute approximate surface area is 166 Å². The average molecular weight is 392 g/mol. The first-order valence-corrected chi connectivity index (χ1v) is 10.1. The minimum Gasteiger partial charge on any atom is -0.389 e. The van der Waals surface area contributed by atoms with Gasteiger partial charge in [0.25, 0.3) is 0 Å². The van der Waals surface area contributed by atoms with Gasteiger partial charge in [0.1, 0.15) is 0 Å². The molecule has 0 aromatic heterocycles. The lowest BCUT2D eigenvalue weighted by atomic mass is 9.65. The summed E-state index contributed by atoms with van der Waals surface area (Å²) >= 11 is 12.1. The van der Waals surface area contributed by atoms with Gasteiger partial charge in [-0.1, -0.05) is 67.7 Å². The van der Waals surface area contributed by atoms with E-state index in [-0.39, 0.29) is 23.9 Å². The summed E-state index contributed by atoms with van der Waals surface area (Å²) in [6.07, 6.45) is 2.00. The zero-order valence-corrected chi connectivity index (χ0v) is 17.1. The summed E-state index contributed by atoms with van der Waals surface area (Å²) in [7, 11) is 0. The van der Waals surface area contributed by atoms with E-state index in [1.54, 1.807) is 0 Å². The minimum atomic E-state index is -0.782. The Kier molecular flexibility index (Phi) is 5.98. The minimum absolute atomic E-state index is 0.0519. The van der Waals surface area contributed by atoms with Crippen molar-refractivity contribution in [1.82, 2.24) is 5.32 Å². The molecule has 140 valence electrons. The van der Waals surface area contributed by atoms with Crippen molar-refractivity contribution in [3.63, 3.8) is 0 Å². The zero-order chi connectivity index (χ0) is 18.9. The number of hydrogen-bond donors (Lipinski definition) is 2. The second-order valence-electron chi connectivity index (χ2n) is 7.63. The van der Waals surface area contributed by atoms with Crippen molar-refractivity contribution in [2.24, 2.45) is 11.8 Å². The summed E-state index contributed by atoms with van der Waals surface area (Å²) in [6.45, 7) is 6.29. The highest BCUT2D eigenvalue weighted by Crippen LogP contribution is 2.48. The van der Waals surface area contributed by atoms with Gasteiger partial charge in [-0.05, 0) is 48.7 Å². The summed E-state index contributed by atoms with van der Waals surface area (Å²) in [4.78, 5) is 0. The van der Waals surface area contributed by atoms with Gasteiger partial charge in [0.2, 0.25) is 0 Å². The summed E-state index contributed by atoms with van der Waals surface area (Å²) < 4.78 is 0. The number of piperidine rings is 1. The van der Waals surface area contributed by atoms with E-state index in [0.717, 1.165) is 28.5 Å². The van der Waals surface area contributed by atoms with E-state index in [4.69, 9.17) is 23.2 Å². The molecule has 0 amide bonds. The van der Waals surface area contributed by atoms with Gasteiger partial charge in [0.15, 0.2) is 0 Å². The highest BCUT2D eigenvalue weighted by atomic mass is 35.5. The molecule has 26 heavy (non-hydrogen) atoms. The summed E-state index contributed by atoms with van der Waals surface area (Å²) in [5.74, 6) is 0.205. The molecule has 5 atom stereocenters. The normalized spacial score (nSPS) is 31.8. The Morgan fingerprint density at radius 3 is 1.85 bits per heavy atom. The number of rotatable bonds is 4. The molecular formula is C22H27Cl2NO. The van der Waals surface area contributed by atoms with Crippen LogP contribution in [0.1, 0.15) is 56.8 Å². The van der Waals surface area contributed by atoms with Gasteiger partial charge in [-0.15, -0.1) is 0 Å². The molecule has 0 radical (unpaired) electrons. The second-order valence-corrected chi connectivity index (χ2v) is 8.51. The third kappa shape index (κ3) is 3.80. The molecule has 0 bridgehead atoms. The van der Waals surface area contributed by atoms with E-state index in [1.807, 2.05) is 43.3 Å². The molecule has 5 unspecified atom stereocenters. The van der Waals surface area contributed by atoms with Crippen molar-refractivity contribution in [3.05, 3.63) is 69.7 Å². The van der Waals surface area contributed by atoms with E-state index in [0.29, 0.717) is 0 Å². The monoisotopic (exact) mass is 391 g/mol. The van der Waals surface area contributed by atoms with Crippen LogP contribution in [-0.2, 0) is 0 Å². The zero-order valence-electron chi connectivity index (χ0n) is 15.5. The van der Waals surface area contributed by atoms with E-state index >= 15 is 0 Å². The number of nitrogens with one attached hydrogen (secondary N) is 1. The van der Waals surface area contributed by atoms with Crippen LogP contribution in [0.3, 0.4) is 0 Å². The van der Waals surface area contributed by atoms with Gasteiger partial charge in [-0.2, -0.15) is 0 Å². The van der Waals surface area contributed by atoms with Crippen LogP contribution in [0.2, 0.25) is 10.0 Å². The molecule has 2 N–H and O–H groups in total. The van der Waals surface area contributed by atoms with Crippen molar-refractivity contribution >= 4 is 23.2 Å². The molecule has 3 rings (SSSR count). The first-order chi connectivity index (χ1) is 12.3. The fraction of sp³-hybridized carbons (Fsp3) is 0.455. The first kappa shape index (κ1) is 19.7. The molecule has 0 spiro atoms.